The standard InChI is InChI=1S/C25H28FNO3/c1-16(2)27-23-7-5-4-6-22(23)25(18-8-10-19(26)11-9-18)24(27)13-12-20(29)15-21(30)14-17(3)28/h4-13,16,20-21,29-30H,14-15H2,1-3H3/b13-12+/t20-,21-/m1/s1. The lowest BCUT2D eigenvalue weighted by atomic mass is 10.0. The summed E-state index contributed by atoms with van der Waals surface area (Å²) in [6, 6.07) is 14.6. The van der Waals surface area contributed by atoms with Gasteiger partial charge in [-0.25, -0.2) is 4.39 Å². The van der Waals surface area contributed by atoms with E-state index in [-0.39, 0.29) is 30.5 Å². The van der Waals surface area contributed by atoms with Gasteiger partial charge in [0.05, 0.1) is 12.2 Å². The van der Waals surface area contributed by atoms with E-state index in [1.54, 1.807) is 18.2 Å². The summed E-state index contributed by atoms with van der Waals surface area (Å²) in [5.74, 6) is -0.407. The third-order valence-electron chi connectivity index (χ3n) is 5.11. The zero-order valence-electron chi connectivity index (χ0n) is 17.5. The lowest BCUT2D eigenvalue weighted by Crippen LogP contribution is -2.18. The Balaban J connectivity index is 2.08. The van der Waals surface area contributed by atoms with Crippen molar-refractivity contribution in [2.24, 2.45) is 0 Å². The number of aromatic nitrogens is 1. The minimum absolute atomic E-state index is 0.0258. The average molecular weight is 410 g/mol. The van der Waals surface area contributed by atoms with Crippen molar-refractivity contribution in [3.05, 3.63) is 66.1 Å². The maximum atomic E-state index is 13.5. The molecule has 0 fully saturated rings. The van der Waals surface area contributed by atoms with Gasteiger partial charge < -0.3 is 14.8 Å². The second-order valence-corrected chi connectivity index (χ2v) is 7.97. The second-order valence-electron chi connectivity index (χ2n) is 7.97. The van der Waals surface area contributed by atoms with E-state index >= 15 is 0 Å². The number of aliphatic hydroxyl groups excluding tert-OH is 2. The Hall–Kier alpha value is -2.76. The first-order valence-electron chi connectivity index (χ1n) is 10.2. The Morgan fingerprint density at radius 1 is 1.10 bits per heavy atom. The van der Waals surface area contributed by atoms with E-state index < -0.39 is 12.2 Å². The number of carbonyl (C=O) groups excluding carboxylic acids is 1. The molecule has 0 radical (unpaired) electrons. The number of halogens is 1. The van der Waals surface area contributed by atoms with E-state index in [9.17, 15) is 19.4 Å². The first-order valence-corrected chi connectivity index (χ1v) is 10.2. The first-order chi connectivity index (χ1) is 14.3. The van der Waals surface area contributed by atoms with Crippen LogP contribution in [0, 0.1) is 5.82 Å². The summed E-state index contributed by atoms with van der Waals surface area (Å²) < 4.78 is 15.7. The van der Waals surface area contributed by atoms with Gasteiger partial charge >= 0.3 is 0 Å². The lowest BCUT2D eigenvalue weighted by Gasteiger charge is -2.15. The highest BCUT2D eigenvalue weighted by Crippen LogP contribution is 2.38. The summed E-state index contributed by atoms with van der Waals surface area (Å²) in [7, 11) is 0. The molecule has 3 aromatic rings. The van der Waals surface area contributed by atoms with Crippen molar-refractivity contribution >= 4 is 22.8 Å². The Morgan fingerprint density at radius 3 is 2.40 bits per heavy atom. The molecule has 3 rings (SSSR count). The molecule has 0 amide bonds. The average Bonchev–Trinajstić information content (AvgIpc) is 3.00. The molecule has 2 aromatic carbocycles. The number of aliphatic hydroxyl groups is 2. The van der Waals surface area contributed by atoms with E-state index in [0.29, 0.717) is 0 Å². The molecule has 4 nitrogen and oxygen atoms in total. The van der Waals surface area contributed by atoms with Crippen LogP contribution in [-0.4, -0.2) is 32.8 Å². The zero-order chi connectivity index (χ0) is 21.8. The van der Waals surface area contributed by atoms with Gasteiger partial charge in [0.25, 0.3) is 0 Å². The molecule has 1 heterocycles. The number of rotatable bonds is 8. The fourth-order valence-electron chi connectivity index (χ4n) is 3.90. The van der Waals surface area contributed by atoms with Crippen molar-refractivity contribution in [3.63, 3.8) is 0 Å². The van der Waals surface area contributed by atoms with Crippen molar-refractivity contribution in [2.75, 3.05) is 0 Å². The number of para-hydroxylation sites is 1. The summed E-state index contributed by atoms with van der Waals surface area (Å²) in [4.78, 5) is 11.2. The molecule has 5 heteroatoms. The lowest BCUT2D eigenvalue weighted by molar-refractivity contribution is -0.119. The maximum absolute atomic E-state index is 13.5. The van der Waals surface area contributed by atoms with Crippen LogP contribution < -0.4 is 0 Å². The summed E-state index contributed by atoms with van der Waals surface area (Å²) in [6.07, 6.45) is 1.84. The van der Waals surface area contributed by atoms with Crippen molar-refractivity contribution in [1.29, 1.82) is 0 Å². The maximum Gasteiger partial charge on any atom is 0.132 e. The van der Waals surface area contributed by atoms with Gasteiger partial charge in [0.1, 0.15) is 11.6 Å². The van der Waals surface area contributed by atoms with Crippen LogP contribution in [-0.2, 0) is 4.79 Å². The minimum Gasteiger partial charge on any atom is -0.393 e. The quantitative estimate of drug-likeness (QED) is 0.542. The number of hydrogen-bond acceptors (Lipinski definition) is 3. The van der Waals surface area contributed by atoms with E-state index in [1.807, 2.05) is 30.3 Å². The monoisotopic (exact) mass is 409 g/mol. The van der Waals surface area contributed by atoms with Crippen molar-refractivity contribution in [3.8, 4) is 11.1 Å². The molecule has 0 aliphatic heterocycles. The molecule has 2 atom stereocenters. The van der Waals surface area contributed by atoms with E-state index in [1.165, 1.54) is 19.1 Å². The van der Waals surface area contributed by atoms with Gasteiger partial charge in [0.15, 0.2) is 0 Å². The molecule has 0 bridgehead atoms. The van der Waals surface area contributed by atoms with Crippen molar-refractivity contribution in [1.82, 2.24) is 4.57 Å². The number of hydrogen-bond donors (Lipinski definition) is 2. The van der Waals surface area contributed by atoms with Crippen LogP contribution in [0.5, 0.6) is 0 Å². The highest BCUT2D eigenvalue weighted by atomic mass is 19.1. The van der Waals surface area contributed by atoms with Crippen LogP contribution in [0.4, 0.5) is 4.39 Å². The molecular weight excluding hydrogens is 381 g/mol. The second kappa shape index (κ2) is 9.37. The van der Waals surface area contributed by atoms with Gasteiger partial charge in [-0.2, -0.15) is 0 Å². The molecule has 0 saturated carbocycles. The number of ketones is 1. The molecule has 2 N–H and O–H groups in total. The third-order valence-corrected chi connectivity index (χ3v) is 5.11. The normalized spacial score (nSPS) is 14.0. The molecule has 0 aliphatic carbocycles. The minimum atomic E-state index is -0.890. The van der Waals surface area contributed by atoms with Crippen LogP contribution in [0.3, 0.4) is 0 Å². The predicted molar refractivity (Wildman–Crippen MR) is 119 cm³/mol. The van der Waals surface area contributed by atoms with Gasteiger partial charge in [-0.05, 0) is 50.6 Å². The number of nitrogens with zero attached hydrogens (tertiary/aromatic N) is 1. The van der Waals surface area contributed by atoms with Crippen molar-refractivity contribution in [2.45, 2.75) is 51.9 Å². The largest absolute Gasteiger partial charge is 0.393 e. The highest BCUT2D eigenvalue weighted by molar-refractivity contribution is 6.01. The fraction of sp³-hybridized carbons (Fsp3) is 0.320. The van der Waals surface area contributed by atoms with Gasteiger partial charge in [0, 0.05) is 41.0 Å². The molecule has 1 aromatic heterocycles. The summed E-state index contributed by atoms with van der Waals surface area (Å²) in [5.41, 5.74) is 3.81. The smallest absolute Gasteiger partial charge is 0.132 e. The van der Waals surface area contributed by atoms with Crippen LogP contribution in [0.15, 0.2) is 54.6 Å². The summed E-state index contributed by atoms with van der Waals surface area (Å²) >= 11 is 0. The van der Waals surface area contributed by atoms with Gasteiger partial charge in [-0.15, -0.1) is 0 Å². The Labute approximate surface area is 176 Å². The number of fused-ring (bicyclic) bond motifs is 1. The Kier molecular flexibility index (Phi) is 6.85. The highest BCUT2D eigenvalue weighted by Gasteiger charge is 2.19. The predicted octanol–water partition coefficient (Wildman–Crippen LogP) is 5.13. The third kappa shape index (κ3) is 4.86. The first kappa shape index (κ1) is 21.9. The van der Waals surface area contributed by atoms with E-state index in [4.69, 9.17) is 0 Å². The number of carbonyl (C=O) groups is 1. The van der Waals surface area contributed by atoms with E-state index in [0.717, 1.165) is 27.7 Å². The molecule has 0 spiro atoms. The molecule has 30 heavy (non-hydrogen) atoms. The van der Waals surface area contributed by atoms with Crippen LogP contribution in [0.25, 0.3) is 28.1 Å². The summed E-state index contributed by atoms with van der Waals surface area (Å²) in [5, 5.41) is 21.4. The SMILES string of the molecule is CC(=O)C[C@@H](O)C[C@H](O)/C=C/c1c(-c2ccc(F)cc2)c2ccccc2n1C(C)C. The fourth-order valence-corrected chi connectivity index (χ4v) is 3.90. The van der Waals surface area contributed by atoms with Crippen LogP contribution >= 0.6 is 0 Å². The number of benzene rings is 2. The van der Waals surface area contributed by atoms with E-state index in [2.05, 4.69) is 18.4 Å². The van der Waals surface area contributed by atoms with Gasteiger partial charge in [0.2, 0.25) is 0 Å². The molecule has 0 unspecified atom stereocenters. The molecule has 158 valence electrons. The van der Waals surface area contributed by atoms with Gasteiger partial charge in [-0.1, -0.05) is 36.4 Å². The Bertz CT molecular complexity index is 1050. The summed E-state index contributed by atoms with van der Waals surface area (Å²) in [6.45, 7) is 5.60. The zero-order valence-corrected chi connectivity index (χ0v) is 17.5. The topological polar surface area (TPSA) is 62.5 Å². The van der Waals surface area contributed by atoms with Crippen molar-refractivity contribution < 1.29 is 19.4 Å². The van der Waals surface area contributed by atoms with Crippen LogP contribution in [0.1, 0.15) is 45.3 Å². The molecular formula is C25H28FNO3. The van der Waals surface area contributed by atoms with Gasteiger partial charge in [-0.3, -0.25) is 4.79 Å². The Morgan fingerprint density at radius 2 is 1.77 bits per heavy atom. The number of Topliss-reactive ketones (excluding diaryl/α,β-unsaturated/α-hetero) is 1. The molecule has 0 saturated heterocycles. The van der Waals surface area contributed by atoms with Crippen LogP contribution in [0.2, 0.25) is 0 Å². The molecule has 0 aliphatic rings.